The number of benzene rings is 2. The molecule has 3 heterocycles. The van der Waals surface area contributed by atoms with Crippen LogP contribution in [0.5, 0.6) is 0 Å². The van der Waals surface area contributed by atoms with Gasteiger partial charge >= 0.3 is 5.97 Å². The van der Waals surface area contributed by atoms with Crippen molar-refractivity contribution in [3.63, 3.8) is 0 Å². The van der Waals surface area contributed by atoms with E-state index in [0.717, 1.165) is 12.1 Å². The number of nitrogens with zero attached hydrogens (tertiary/aromatic N) is 2. The smallest absolute Gasteiger partial charge is 0.339 e. The number of ether oxygens (including phenoxy) is 1. The van der Waals surface area contributed by atoms with E-state index in [0.29, 0.717) is 41.8 Å². The van der Waals surface area contributed by atoms with Crippen molar-refractivity contribution in [1.82, 2.24) is 9.88 Å². The first-order valence-corrected chi connectivity index (χ1v) is 13.9. The predicted octanol–water partition coefficient (Wildman–Crippen LogP) is 6.16. The number of rotatable bonds is 3. The van der Waals surface area contributed by atoms with Gasteiger partial charge in [0, 0.05) is 36.0 Å². The zero-order valence-corrected chi connectivity index (χ0v) is 23.8. The van der Waals surface area contributed by atoms with Crippen LogP contribution in [0.25, 0.3) is 16.7 Å². The van der Waals surface area contributed by atoms with Gasteiger partial charge in [0.25, 0.3) is 0 Å². The Labute approximate surface area is 246 Å². The number of anilines is 2. The molecule has 2 aromatic carbocycles. The molecule has 0 aliphatic carbocycles. The first-order valence-electron chi connectivity index (χ1n) is 13.5. The van der Waals surface area contributed by atoms with Gasteiger partial charge in [-0.3, -0.25) is 14.6 Å². The number of carbonyl (C=O) groups excluding carboxylic acids is 3. The van der Waals surface area contributed by atoms with Crippen LogP contribution in [0.3, 0.4) is 0 Å². The number of nitrogens with one attached hydrogen (secondary N) is 1. The number of hydrogen-bond donors (Lipinski definition) is 2. The topological polar surface area (TPSA) is 115 Å². The number of carbonyl (C=O) groups is 3. The summed E-state index contributed by atoms with van der Waals surface area (Å²) in [5.41, 5.74) is 8.58. The molecule has 0 fully saturated rings. The maximum absolute atomic E-state index is 14.7. The van der Waals surface area contributed by atoms with Crippen molar-refractivity contribution in [3.05, 3.63) is 82.1 Å². The van der Waals surface area contributed by atoms with Crippen molar-refractivity contribution in [2.45, 2.75) is 38.6 Å². The average Bonchev–Trinajstić information content (AvgIpc) is 2.97. The Kier molecular flexibility index (Phi) is 8.27. The lowest BCUT2D eigenvalue weighted by atomic mass is 9.92. The highest BCUT2D eigenvalue weighted by Gasteiger charge is 2.31. The van der Waals surface area contributed by atoms with Crippen LogP contribution >= 0.6 is 11.6 Å². The summed E-state index contributed by atoms with van der Waals surface area (Å²) in [7, 11) is 1.25. The highest BCUT2D eigenvalue weighted by atomic mass is 35.5. The fraction of sp³-hybridized carbons (Fsp3) is 0.290. The van der Waals surface area contributed by atoms with Crippen LogP contribution in [0.2, 0.25) is 5.02 Å². The quantitative estimate of drug-likeness (QED) is 0.213. The Bertz CT molecular complexity index is 1630. The maximum atomic E-state index is 14.7. The lowest BCUT2D eigenvalue weighted by Gasteiger charge is -2.34. The molecule has 5 rings (SSSR count). The minimum Gasteiger partial charge on any atom is -0.465 e. The monoisotopic (exact) mass is 594 g/mol. The standard InChI is InChI=1S/C31H29ClF2N4O4/c1-16-4-3-5-26(38-11-9-18(13-27(38)39)28-22(33)7-6-21(32)29(28)34)25-12-17(8-10-36-25)19-14-20(31(41)42-2)23(35)15-24(19)37-30(16)40/h6-8,10,12-16,26H,3-5,9,11,35H2,1-2H3,(H,37,40). The molecule has 2 bridgehead atoms. The van der Waals surface area contributed by atoms with E-state index >= 15 is 0 Å². The van der Waals surface area contributed by atoms with Crippen molar-refractivity contribution in [2.75, 3.05) is 24.7 Å². The van der Waals surface area contributed by atoms with E-state index in [1.54, 1.807) is 29.3 Å². The van der Waals surface area contributed by atoms with E-state index in [1.165, 1.54) is 19.3 Å². The van der Waals surface area contributed by atoms with Crippen LogP contribution in [0.15, 0.2) is 48.7 Å². The number of nitrogen functional groups attached to an aromatic ring is 1. The minimum absolute atomic E-state index is 0.143. The number of aromatic nitrogens is 1. The molecule has 2 aliphatic rings. The number of fused-ring (bicyclic) bond motifs is 4. The van der Waals surface area contributed by atoms with E-state index in [4.69, 9.17) is 22.1 Å². The second-order valence-corrected chi connectivity index (χ2v) is 10.9. The molecule has 0 radical (unpaired) electrons. The number of methoxy groups -OCH3 is 1. The van der Waals surface area contributed by atoms with Crippen molar-refractivity contribution < 1.29 is 27.9 Å². The predicted molar refractivity (Wildman–Crippen MR) is 155 cm³/mol. The lowest BCUT2D eigenvalue weighted by Crippen LogP contribution is -2.38. The zero-order chi connectivity index (χ0) is 30.1. The van der Waals surface area contributed by atoms with Gasteiger partial charge in [-0.15, -0.1) is 0 Å². The van der Waals surface area contributed by atoms with Crippen LogP contribution in [0.4, 0.5) is 20.2 Å². The third-order valence-corrected chi connectivity index (χ3v) is 8.08. The normalized spacial score (nSPS) is 19.2. The number of amides is 2. The summed E-state index contributed by atoms with van der Waals surface area (Å²) < 4.78 is 34.2. The average molecular weight is 595 g/mol. The molecule has 2 aliphatic heterocycles. The summed E-state index contributed by atoms with van der Waals surface area (Å²) in [5.74, 6) is -3.29. The summed E-state index contributed by atoms with van der Waals surface area (Å²) >= 11 is 5.89. The number of esters is 1. The maximum Gasteiger partial charge on any atom is 0.339 e. The zero-order valence-electron chi connectivity index (χ0n) is 23.0. The van der Waals surface area contributed by atoms with Crippen LogP contribution in [-0.2, 0) is 14.3 Å². The molecule has 2 amide bonds. The highest BCUT2D eigenvalue weighted by Crippen LogP contribution is 2.38. The second-order valence-electron chi connectivity index (χ2n) is 10.5. The van der Waals surface area contributed by atoms with E-state index < -0.39 is 29.6 Å². The molecule has 3 N–H and O–H groups in total. The Hall–Kier alpha value is -4.31. The Morgan fingerprint density at radius 1 is 1.17 bits per heavy atom. The first-order chi connectivity index (χ1) is 20.1. The van der Waals surface area contributed by atoms with Crippen LogP contribution in [0.1, 0.15) is 60.3 Å². The van der Waals surface area contributed by atoms with E-state index in [2.05, 4.69) is 10.3 Å². The number of halogens is 3. The van der Waals surface area contributed by atoms with Crippen molar-refractivity contribution in [3.8, 4) is 11.1 Å². The molecule has 2 atom stereocenters. The Morgan fingerprint density at radius 2 is 1.95 bits per heavy atom. The molecule has 11 heteroatoms. The summed E-state index contributed by atoms with van der Waals surface area (Å²) in [4.78, 5) is 45.2. The van der Waals surface area contributed by atoms with Gasteiger partial charge < -0.3 is 20.7 Å². The molecule has 2 unspecified atom stereocenters. The molecule has 0 saturated heterocycles. The third-order valence-electron chi connectivity index (χ3n) is 7.79. The largest absolute Gasteiger partial charge is 0.465 e. The van der Waals surface area contributed by atoms with E-state index in [-0.39, 0.29) is 52.2 Å². The van der Waals surface area contributed by atoms with Gasteiger partial charge in [0.15, 0.2) is 5.82 Å². The summed E-state index contributed by atoms with van der Waals surface area (Å²) in [5, 5.41) is 2.72. The molecule has 0 spiro atoms. The van der Waals surface area contributed by atoms with Gasteiger partial charge in [0.1, 0.15) is 5.82 Å². The Morgan fingerprint density at radius 3 is 2.69 bits per heavy atom. The summed E-state index contributed by atoms with van der Waals surface area (Å²) in [6.45, 7) is 2.01. The molecule has 42 heavy (non-hydrogen) atoms. The molecule has 218 valence electrons. The second kappa shape index (κ2) is 11.9. The lowest BCUT2D eigenvalue weighted by molar-refractivity contribution is -0.129. The van der Waals surface area contributed by atoms with E-state index in [1.807, 2.05) is 6.92 Å². The molecule has 8 nitrogen and oxygen atoms in total. The van der Waals surface area contributed by atoms with Crippen LogP contribution in [0, 0.1) is 17.6 Å². The van der Waals surface area contributed by atoms with Gasteiger partial charge in [-0.2, -0.15) is 0 Å². The highest BCUT2D eigenvalue weighted by molar-refractivity contribution is 6.31. The molecular formula is C31H29ClF2N4O4. The SMILES string of the molecule is COC(=O)c1cc2c(cc1N)NC(=O)C(C)CCCC(N1CCC(c3c(F)ccc(Cl)c3F)=CC1=O)c1cc-2ccn1. The third kappa shape index (κ3) is 5.59. The first kappa shape index (κ1) is 29.2. The molecular weight excluding hydrogens is 566 g/mol. The van der Waals surface area contributed by atoms with Gasteiger partial charge in [0.2, 0.25) is 11.8 Å². The van der Waals surface area contributed by atoms with Gasteiger partial charge in [-0.25, -0.2) is 13.6 Å². The van der Waals surface area contributed by atoms with Crippen LogP contribution < -0.4 is 11.1 Å². The van der Waals surface area contributed by atoms with Crippen molar-refractivity contribution in [2.24, 2.45) is 5.92 Å². The summed E-state index contributed by atoms with van der Waals surface area (Å²) in [6, 6.07) is 8.38. The minimum atomic E-state index is -0.901. The van der Waals surface area contributed by atoms with Crippen molar-refractivity contribution >= 4 is 46.3 Å². The van der Waals surface area contributed by atoms with Gasteiger partial charge in [0.05, 0.1) is 40.7 Å². The fourth-order valence-electron chi connectivity index (χ4n) is 5.49. The van der Waals surface area contributed by atoms with E-state index in [9.17, 15) is 23.2 Å². The van der Waals surface area contributed by atoms with Gasteiger partial charge in [-0.1, -0.05) is 24.9 Å². The number of pyridine rings is 1. The Balaban J connectivity index is 1.57. The number of nitrogens with two attached hydrogens (primary N) is 1. The molecule has 1 aromatic heterocycles. The number of hydrogen-bond acceptors (Lipinski definition) is 6. The fourth-order valence-corrected chi connectivity index (χ4v) is 5.65. The summed E-state index contributed by atoms with van der Waals surface area (Å²) in [6.07, 6.45) is 4.70. The van der Waals surface area contributed by atoms with Crippen molar-refractivity contribution in [1.29, 1.82) is 0 Å². The molecule has 3 aromatic rings. The molecule has 0 saturated carbocycles. The van der Waals surface area contributed by atoms with Crippen LogP contribution in [-0.4, -0.2) is 41.3 Å². The van der Waals surface area contributed by atoms with Gasteiger partial charge in [-0.05, 0) is 66.8 Å².